The highest BCUT2D eigenvalue weighted by Crippen LogP contribution is 2.66. The molecule has 0 aliphatic heterocycles. The Bertz CT molecular complexity index is 822. The Kier molecular flexibility index (Phi) is 8.77. The highest BCUT2D eigenvalue weighted by atomic mass is 16.5. The van der Waals surface area contributed by atoms with Crippen molar-refractivity contribution in [2.45, 2.75) is 79.1 Å². The highest BCUT2D eigenvalue weighted by molar-refractivity contribution is 5.73. The maximum absolute atomic E-state index is 11.4. The molecule has 4 heteroatoms. The Hall–Kier alpha value is -1.68. The number of fused-ring (bicyclic) bond motifs is 3. The van der Waals surface area contributed by atoms with Crippen LogP contribution in [0.15, 0.2) is 24.5 Å². The van der Waals surface area contributed by atoms with E-state index in [9.17, 15) is 4.79 Å². The minimum atomic E-state index is 0.219. The highest BCUT2D eigenvalue weighted by Gasteiger charge is 2.57. The monoisotopic (exact) mass is 454 g/mol. The van der Waals surface area contributed by atoms with Crippen molar-refractivity contribution in [3.63, 3.8) is 0 Å². The lowest BCUT2D eigenvalue weighted by molar-refractivity contribution is -0.115. The number of nitrogens with zero attached hydrogens (tertiary/aromatic N) is 1. The van der Waals surface area contributed by atoms with Crippen LogP contribution in [0.2, 0.25) is 0 Å². The molecule has 2 fully saturated rings. The van der Waals surface area contributed by atoms with Gasteiger partial charge < -0.3 is 14.8 Å². The Morgan fingerprint density at radius 3 is 2.61 bits per heavy atom. The average molecular weight is 455 g/mol. The van der Waals surface area contributed by atoms with Crippen LogP contribution in [0.1, 0.15) is 84.6 Å². The molecule has 0 amide bonds. The molecule has 0 spiro atoms. The first-order valence-corrected chi connectivity index (χ1v) is 13.2. The molecule has 0 aromatic carbocycles. The topological polar surface area (TPSA) is 51.2 Å². The number of aromatic nitrogens is 1. The Balaban J connectivity index is 0.000000968. The molecule has 0 saturated heterocycles. The van der Waals surface area contributed by atoms with Crippen molar-refractivity contribution in [2.75, 3.05) is 20.7 Å². The van der Waals surface area contributed by atoms with E-state index in [-0.39, 0.29) is 10.8 Å². The lowest BCUT2D eigenvalue weighted by atomic mass is 9.46. The summed E-state index contributed by atoms with van der Waals surface area (Å²) in [5.74, 6) is 3.54. The van der Waals surface area contributed by atoms with Crippen molar-refractivity contribution < 1.29 is 9.53 Å². The first-order chi connectivity index (χ1) is 15.9. The molecule has 184 valence electrons. The average Bonchev–Trinajstić information content (AvgIpc) is 3.17. The molecule has 6 atom stereocenters. The molecular formula is C29H46N2O2. The number of carbonyl (C=O) groups is 1. The van der Waals surface area contributed by atoms with Crippen LogP contribution in [-0.2, 0) is 4.79 Å². The van der Waals surface area contributed by atoms with E-state index in [0.717, 1.165) is 30.6 Å². The number of hydrogen-bond donors (Lipinski definition) is 1. The van der Waals surface area contributed by atoms with Gasteiger partial charge in [-0.3, -0.25) is 4.98 Å². The normalized spacial score (nSPS) is 34.9. The number of allylic oxidation sites excluding steroid dienone is 2. The van der Waals surface area contributed by atoms with Crippen LogP contribution < -0.4 is 10.1 Å². The minimum absolute atomic E-state index is 0.219. The molecule has 33 heavy (non-hydrogen) atoms. The molecule has 1 N–H and O–H groups in total. The molecule has 4 nitrogen and oxygen atoms in total. The van der Waals surface area contributed by atoms with Crippen molar-refractivity contribution >= 4 is 11.9 Å². The zero-order valence-corrected chi connectivity index (χ0v) is 21.8. The number of carbonyl (C=O) groups excluding carboxylic acids is 1. The van der Waals surface area contributed by atoms with Gasteiger partial charge in [-0.05, 0) is 104 Å². The number of nitrogens with one attached hydrogen (secondary N) is 1. The summed E-state index contributed by atoms with van der Waals surface area (Å²) in [5.41, 5.74) is 3.18. The molecule has 1 aromatic heterocycles. The molecule has 5 unspecified atom stereocenters. The van der Waals surface area contributed by atoms with Crippen LogP contribution in [0.3, 0.4) is 0 Å². The Labute approximate surface area is 202 Å². The molecule has 1 aromatic rings. The molecule has 3 aliphatic rings. The molecule has 1 heterocycles. The van der Waals surface area contributed by atoms with Crippen LogP contribution in [0.4, 0.5) is 0 Å². The van der Waals surface area contributed by atoms with Gasteiger partial charge in [-0.15, -0.1) is 0 Å². The fraction of sp³-hybridized carbons (Fsp3) is 0.724. The summed E-state index contributed by atoms with van der Waals surface area (Å²) in [6.07, 6.45) is 16.7. The standard InChI is InChI=1S/C26H38N2O2.C3H8/c1-25(12-13-27-3)19(10-14-29)5-6-21-23-8-7-22(26(23,2)11-9-24(21)25)18-15-20(30-4)17-28-16-18;1-3-2/h7,14-17,19,21,23-24,27H,5-6,8-13H2,1-4H3;3H2,1-2H3/t19?,21?,23-,24?,25?,26?;/m0./s1. The van der Waals surface area contributed by atoms with Gasteiger partial charge in [0.15, 0.2) is 0 Å². The summed E-state index contributed by atoms with van der Waals surface area (Å²) in [5, 5.41) is 3.37. The van der Waals surface area contributed by atoms with E-state index in [0.29, 0.717) is 11.8 Å². The second-order valence-electron chi connectivity index (χ2n) is 11.0. The van der Waals surface area contributed by atoms with Crippen LogP contribution in [-0.4, -0.2) is 32.0 Å². The van der Waals surface area contributed by atoms with Crippen molar-refractivity contribution in [2.24, 2.45) is 34.5 Å². The van der Waals surface area contributed by atoms with E-state index >= 15 is 0 Å². The fourth-order valence-electron chi connectivity index (χ4n) is 7.51. The third-order valence-corrected chi connectivity index (χ3v) is 9.20. The lowest BCUT2D eigenvalue weighted by Gasteiger charge is -2.59. The van der Waals surface area contributed by atoms with Gasteiger partial charge in [0.1, 0.15) is 12.0 Å². The smallest absolute Gasteiger partial charge is 0.137 e. The number of hydrogen-bond acceptors (Lipinski definition) is 4. The summed E-state index contributed by atoms with van der Waals surface area (Å²) in [6, 6.07) is 2.15. The Morgan fingerprint density at radius 1 is 1.18 bits per heavy atom. The van der Waals surface area contributed by atoms with Crippen LogP contribution in [0.5, 0.6) is 5.75 Å². The predicted octanol–water partition coefficient (Wildman–Crippen LogP) is 6.56. The maximum atomic E-state index is 11.4. The van der Waals surface area contributed by atoms with Crippen LogP contribution in [0.25, 0.3) is 5.57 Å². The number of ether oxygens (including phenoxy) is 1. The van der Waals surface area contributed by atoms with Gasteiger partial charge >= 0.3 is 0 Å². The second kappa shape index (κ2) is 11.2. The molecular weight excluding hydrogens is 408 g/mol. The number of rotatable bonds is 7. The first kappa shape index (κ1) is 25.9. The molecule has 0 radical (unpaired) electrons. The van der Waals surface area contributed by atoms with E-state index in [1.54, 1.807) is 13.3 Å². The summed E-state index contributed by atoms with van der Waals surface area (Å²) < 4.78 is 5.44. The summed E-state index contributed by atoms with van der Waals surface area (Å²) in [4.78, 5) is 15.9. The third kappa shape index (κ3) is 4.92. The van der Waals surface area contributed by atoms with Gasteiger partial charge in [-0.25, -0.2) is 0 Å². The van der Waals surface area contributed by atoms with Crippen molar-refractivity contribution in [3.05, 3.63) is 30.1 Å². The lowest BCUT2D eigenvalue weighted by Crippen LogP contribution is -2.52. The van der Waals surface area contributed by atoms with Gasteiger partial charge in [0.25, 0.3) is 0 Å². The first-order valence-electron chi connectivity index (χ1n) is 13.2. The summed E-state index contributed by atoms with van der Waals surface area (Å²) >= 11 is 0. The quantitative estimate of drug-likeness (QED) is 0.474. The fourth-order valence-corrected chi connectivity index (χ4v) is 7.51. The van der Waals surface area contributed by atoms with Gasteiger partial charge in [-0.1, -0.05) is 40.2 Å². The third-order valence-electron chi connectivity index (χ3n) is 9.20. The number of methoxy groups -OCH3 is 1. The van der Waals surface area contributed by atoms with Gasteiger partial charge in [0, 0.05) is 12.6 Å². The molecule has 2 saturated carbocycles. The molecule has 4 rings (SSSR count). The van der Waals surface area contributed by atoms with E-state index in [1.165, 1.54) is 62.4 Å². The second-order valence-corrected chi connectivity index (χ2v) is 11.0. The van der Waals surface area contributed by atoms with Crippen molar-refractivity contribution in [1.82, 2.24) is 10.3 Å². The van der Waals surface area contributed by atoms with Crippen molar-refractivity contribution in [1.29, 1.82) is 0 Å². The summed E-state index contributed by atoms with van der Waals surface area (Å²) in [7, 11) is 3.76. The zero-order chi connectivity index (χ0) is 24.1. The largest absolute Gasteiger partial charge is 0.495 e. The van der Waals surface area contributed by atoms with Crippen molar-refractivity contribution in [3.8, 4) is 5.75 Å². The van der Waals surface area contributed by atoms with E-state index in [4.69, 9.17) is 4.74 Å². The van der Waals surface area contributed by atoms with Crippen LogP contribution in [0, 0.1) is 34.5 Å². The van der Waals surface area contributed by atoms with E-state index in [1.807, 2.05) is 13.2 Å². The van der Waals surface area contributed by atoms with Crippen LogP contribution >= 0.6 is 0 Å². The zero-order valence-electron chi connectivity index (χ0n) is 21.8. The summed E-state index contributed by atoms with van der Waals surface area (Å²) in [6.45, 7) is 10.3. The molecule has 0 bridgehead atoms. The minimum Gasteiger partial charge on any atom is -0.495 e. The number of aldehydes is 1. The SMILES string of the molecule is CCC.CNCCC1(C)C(CC=O)CCC2C1CCC1(C)C(c3cncc(OC)c3)=CC[C@@H]21. The predicted molar refractivity (Wildman–Crippen MR) is 137 cm³/mol. The van der Waals surface area contributed by atoms with Gasteiger partial charge in [0.05, 0.1) is 13.3 Å². The van der Waals surface area contributed by atoms with E-state index < -0.39 is 0 Å². The van der Waals surface area contributed by atoms with E-state index in [2.05, 4.69) is 50.1 Å². The Morgan fingerprint density at radius 2 is 1.94 bits per heavy atom. The van der Waals surface area contributed by atoms with Gasteiger partial charge in [0.2, 0.25) is 0 Å². The number of pyridine rings is 1. The van der Waals surface area contributed by atoms with Gasteiger partial charge in [-0.2, -0.15) is 0 Å². The molecule has 3 aliphatic carbocycles. The maximum Gasteiger partial charge on any atom is 0.137 e.